The van der Waals surface area contributed by atoms with Crippen LogP contribution in [-0.4, -0.2) is 16.9 Å². The van der Waals surface area contributed by atoms with Gasteiger partial charge in [-0.3, -0.25) is 15.2 Å². The zero-order valence-electron chi connectivity index (χ0n) is 12.5. The van der Waals surface area contributed by atoms with Gasteiger partial charge in [0.15, 0.2) is 0 Å². The van der Waals surface area contributed by atoms with Gasteiger partial charge >= 0.3 is 6.03 Å². The first-order valence-corrected chi connectivity index (χ1v) is 6.93. The van der Waals surface area contributed by atoms with Gasteiger partial charge in [0.2, 0.25) is 0 Å². The number of nitrogens with one attached hydrogen (secondary N) is 3. The molecule has 0 saturated carbocycles. The Morgan fingerprint density at radius 1 is 0.955 bits per heavy atom. The highest BCUT2D eigenvalue weighted by Crippen LogP contribution is 2.16. The van der Waals surface area contributed by atoms with Crippen LogP contribution >= 0.6 is 0 Å². The summed E-state index contributed by atoms with van der Waals surface area (Å²) in [7, 11) is 0. The lowest BCUT2D eigenvalue weighted by molar-refractivity contribution is 0.0938. The minimum atomic E-state index is -0.514. The van der Waals surface area contributed by atoms with E-state index < -0.39 is 11.9 Å². The van der Waals surface area contributed by atoms with Gasteiger partial charge in [-0.1, -0.05) is 26.0 Å². The maximum atomic E-state index is 11.7. The number of amides is 3. The quantitative estimate of drug-likeness (QED) is 0.762. The zero-order chi connectivity index (χ0) is 15.9. The monoisotopic (exact) mass is 298 g/mol. The number of anilines is 1. The van der Waals surface area contributed by atoms with Crippen molar-refractivity contribution in [1.82, 2.24) is 15.8 Å². The largest absolute Gasteiger partial charge is 0.337 e. The molecule has 0 aliphatic rings. The van der Waals surface area contributed by atoms with E-state index in [0.29, 0.717) is 17.2 Å². The number of hydrogen-bond donors (Lipinski definition) is 3. The van der Waals surface area contributed by atoms with Crippen molar-refractivity contribution in [2.45, 2.75) is 19.8 Å². The smallest absolute Gasteiger partial charge is 0.307 e. The van der Waals surface area contributed by atoms with Crippen LogP contribution in [0.4, 0.5) is 10.5 Å². The normalized spacial score (nSPS) is 10.1. The topological polar surface area (TPSA) is 83.1 Å². The van der Waals surface area contributed by atoms with Crippen LogP contribution in [0.25, 0.3) is 0 Å². The third-order valence-electron chi connectivity index (χ3n) is 3.07. The molecule has 6 nitrogen and oxygen atoms in total. The predicted molar refractivity (Wildman–Crippen MR) is 84.4 cm³/mol. The van der Waals surface area contributed by atoms with Gasteiger partial charge in [-0.2, -0.15) is 0 Å². The summed E-state index contributed by atoms with van der Waals surface area (Å²) < 4.78 is 0. The molecule has 0 saturated heterocycles. The van der Waals surface area contributed by atoms with Crippen LogP contribution in [0.15, 0.2) is 48.8 Å². The van der Waals surface area contributed by atoms with Crippen molar-refractivity contribution in [3.8, 4) is 0 Å². The molecule has 0 aliphatic carbocycles. The van der Waals surface area contributed by atoms with E-state index in [9.17, 15) is 9.59 Å². The average molecular weight is 298 g/mol. The van der Waals surface area contributed by atoms with E-state index in [1.54, 1.807) is 12.1 Å². The molecule has 2 rings (SSSR count). The highest BCUT2D eigenvalue weighted by molar-refractivity contribution is 5.96. The number of benzene rings is 1. The van der Waals surface area contributed by atoms with E-state index in [0.717, 1.165) is 0 Å². The van der Waals surface area contributed by atoms with Crippen molar-refractivity contribution in [3.63, 3.8) is 0 Å². The lowest BCUT2D eigenvalue weighted by Crippen LogP contribution is -2.43. The standard InChI is InChI=1S/C16H18N4O2/c1-11(2)12-3-5-14(6-4-12)18-16(22)20-19-15(21)13-7-9-17-10-8-13/h3-11H,1-2H3,(H,19,21)(H2,18,20,22). The first-order chi connectivity index (χ1) is 10.6. The molecule has 0 fully saturated rings. The van der Waals surface area contributed by atoms with Gasteiger partial charge in [-0.05, 0) is 35.7 Å². The van der Waals surface area contributed by atoms with E-state index >= 15 is 0 Å². The molecule has 0 spiro atoms. The van der Waals surface area contributed by atoms with Crippen LogP contribution in [-0.2, 0) is 0 Å². The number of urea groups is 1. The van der Waals surface area contributed by atoms with Crippen molar-refractivity contribution >= 4 is 17.6 Å². The van der Waals surface area contributed by atoms with Crippen LogP contribution < -0.4 is 16.2 Å². The molecule has 6 heteroatoms. The van der Waals surface area contributed by atoms with Gasteiger partial charge in [0.25, 0.3) is 5.91 Å². The molecular formula is C16H18N4O2. The van der Waals surface area contributed by atoms with Gasteiger partial charge in [0, 0.05) is 23.6 Å². The molecule has 114 valence electrons. The second kappa shape index (κ2) is 7.21. The van der Waals surface area contributed by atoms with Crippen LogP contribution in [0.2, 0.25) is 0 Å². The van der Waals surface area contributed by atoms with E-state index in [-0.39, 0.29) is 0 Å². The molecule has 3 N–H and O–H groups in total. The van der Waals surface area contributed by atoms with Crippen molar-refractivity contribution in [3.05, 3.63) is 59.9 Å². The highest BCUT2D eigenvalue weighted by atomic mass is 16.2. The van der Waals surface area contributed by atoms with Gasteiger partial charge in [-0.15, -0.1) is 0 Å². The number of hydrazine groups is 1. The number of aromatic nitrogens is 1. The molecule has 2 aromatic rings. The fraction of sp³-hybridized carbons (Fsp3) is 0.188. The minimum Gasteiger partial charge on any atom is -0.307 e. The number of hydrogen-bond acceptors (Lipinski definition) is 3. The summed E-state index contributed by atoms with van der Waals surface area (Å²) in [4.78, 5) is 27.3. The van der Waals surface area contributed by atoms with Crippen molar-refractivity contribution < 1.29 is 9.59 Å². The molecule has 1 heterocycles. The van der Waals surface area contributed by atoms with E-state index in [4.69, 9.17) is 0 Å². The first kappa shape index (κ1) is 15.5. The summed E-state index contributed by atoms with van der Waals surface area (Å²) in [5.74, 6) is 0.0234. The predicted octanol–water partition coefficient (Wildman–Crippen LogP) is 2.67. The third-order valence-corrected chi connectivity index (χ3v) is 3.07. The first-order valence-electron chi connectivity index (χ1n) is 6.93. The maximum Gasteiger partial charge on any atom is 0.337 e. The molecule has 0 bridgehead atoms. The Labute approximate surface area is 128 Å². The second-order valence-electron chi connectivity index (χ2n) is 5.05. The summed E-state index contributed by atoms with van der Waals surface area (Å²) in [6, 6.07) is 10.1. The van der Waals surface area contributed by atoms with E-state index in [1.807, 2.05) is 24.3 Å². The number of rotatable bonds is 3. The van der Waals surface area contributed by atoms with Gasteiger partial charge in [0.1, 0.15) is 0 Å². The lowest BCUT2D eigenvalue weighted by atomic mass is 10.0. The maximum absolute atomic E-state index is 11.7. The third kappa shape index (κ3) is 4.31. The highest BCUT2D eigenvalue weighted by Gasteiger charge is 2.07. The molecule has 1 aromatic heterocycles. The average Bonchev–Trinajstić information content (AvgIpc) is 2.54. The molecule has 1 aromatic carbocycles. The Morgan fingerprint density at radius 2 is 1.59 bits per heavy atom. The fourth-order valence-corrected chi connectivity index (χ4v) is 1.80. The van der Waals surface area contributed by atoms with Crippen molar-refractivity contribution in [2.75, 3.05) is 5.32 Å². The van der Waals surface area contributed by atoms with Gasteiger partial charge in [-0.25, -0.2) is 10.2 Å². The number of nitrogens with zero attached hydrogens (tertiary/aromatic N) is 1. The molecule has 0 aliphatic heterocycles. The molecule has 22 heavy (non-hydrogen) atoms. The van der Waals surface area contributed by atoms with Crippen molar-refractivity contribution in [2.24, 2.45) is 0 Å². The van der Waals surface area contributed by atoms with Crippen LogP contribution in [0.5, 0.6) is 0 Å². The van der Waals surface area contributed by atoms with Crippen molar-refractivity contribution in [1.29, 1.82) is 0 Å². The fourth-order valence-electron chi connectivity index (χ4n) is 1.80. The molecule has 0 atom stereocenters. The molecule has 0 radical (unpaired) electrons. The van der Waals surface area contributed by atoms with Gasteiger partial charge in [0.05, 0.1) is 0 Å². The molecule has 3 amide bonds. The molecular weight excluding hydrogens is 280 g/mol. The Kier molecular flexibility index (Phi) is 5.08. The number of carbonyl (C=O) groups excluding carboxylic acids is 2. The minimum absolute atomic E-state index is 0.410. The Morgan fingerprint density at radius 3 is 2.18 bits per heavy atom. The molecule has 0 unspecified atom stereocenters. The summed E-state index contributed by atoms with van der Waals surface area (Å²) in [5, 5.41) is 2.64. The summed E-state index contributed by atoms with van der Waals surface area (Å²) in [6.45, 7) is 4.20. The van der Waals surface area contributed by atoms with Gasteiger partial charge < -0.3 is 5.32 Å². The summed E-state index contributed by atoms with van der Waals surface area (Å²) >= 11 is 0. The Balaban J connectivity index is 1.84. The zero-order valence-corrected chi connectivity index (χ0v) is 12.5. The summed E-state index contributed by atoms with van der Waals surface area (Å²) in [5.41, 5.74) is 6.87. The van der Waals surface area contributed by atoms with Crippen LogP contribution in [0, 0.1) is 0 Å². The number of pyridine rings is 1. The SMILES string of the molecule is CC(C)c1ccc(NC(=O)NNC(=O)c2ccncc2)cc1. The number of carbonyl (C=O) groups is 2. The Hall–Kier alpha value is -2.89. The lowest BCUT2D eigenvalue weighted by Gasteiger charge is -2.10. The Bertz CT molecular complexity index is 639. The van der Waals surface area contributed by atoms with Crippen LogP contribution in [0.1, 0.15) is 35.7 Å². The van der Waals surface area contributed by atoms with E-state index in [1.165, 1.54) is 18.0 Å². The summed E-state index contributed by atoms with van der Waals surface area (Å²) in [6.07, 6.45) is 3.01. The second-order valence-corrected chi connectivity index (χ2v) is 5.05. The van der Waals surface area contributed by atoms with E-state index in [2.05, 4.69) is 35.0 Å². The van der Waals surface area contributed by atoms with Crippen LogP contribution in [0.3, 0.4) is 0 Å².